The van der Waals surface area contributed by atoms with Crippen LogP contribution in [-0.2, 0) is 12.8 Å². The molecule has 0 atom stereocenters. The smallest absolute Gasteiger partial charge is 0.126 e. The topological polar surface area (TPSA) is 0 Å². The standard InChI is InChI=1S/C21H16F2/c1-13-15(8-14-9-17(22)12-18(23)10-14)6-7-20-19-5-3-2-4-16(19)11-21(13)20/h2-7,9-10,12H,8,11H2,1H3. The van der Waals surface area contributed by atoms with Gasteiger partial charge in [0.05, 0.1) is 0 Å². The zero-order valence-electron chi connectivity index (χ0n) is 12.9. The zero-order valence-corrected chi connectivity index (χ0v) is 12.9. The summed E-state index contributed by atoms with van der Waals surface area (Å²) in [5.41, 5.74) is 8.28. The molecule has 0 heterocycles. The van der Waals surface area contributed by atoms with E-state index >= 15 is 0 Å². The summed E-state index contributed by atoms with van der Waals surface area (Å²) in [7, 11) is 0. The van der Waals surface area contributed by atoms with Crippen molar-refractivity contribution in [2.75, 3.05) is 0 Å². The van der Waals surface area contributed by atoms with Crippen LogP contribution in [0.5, 0.6) is 0 Å². The highest BCUT2D eigenvalue weighted by atomic mass is 19.1. The second kappa shape index (κ2) is 5.31. The molecule has 23 heavy (non-hydrogen) atoms. The third kappa shape index (κ3) is 2.44. The van der Waals surface area contributed by atoms with Crippen LogP contribution in [0.4, 0.5) is 8.78 Å². The molecule has 1 aliphatic rings. The molecule has 3 aromatic carbocycles. The molecule has 2 heteroatoms. The third-order valence-corrected chi connectivity index (χ3v) is 4.70. The minimum Gasteiger partial charge on any atom is -0.207 e. The van der Waals surface area contributed by atoms with Gasteiger partial charge in [0.25, 0.3) is 0 Å². The van der Waals surface area contributed by atoms with E-state index in [0.29, 0.717) is 12.0 Å². The summed E-state index contributed by atoms with van der Waals surface area (Å²) < 4.78 is 26.8. The Morgan fingerprint density at radius 3 is 2.39 bits per heavy atom. The van der Waals surface area contributed by atoms with E-state index in [1.54, 1.807) is 0 Å². The SMILES string of the molecule is Cc1c(Cc2cc(F)cc(F)c2)ccc2c1Cc1ccccc1-2. The Hall–Kier alpha value is -2.48. The predicted molar refractivity (Wildman–Crippen MR) is 88.6 cm³/mol. The number of benzene rings is 3. The molecular formula is C21H16F2. The molecule has 4 rings (SSSR count). The van der Waals surface area contributed by atoms with Gasteiger partial charge in [0, 0.05) is 6.07 Å². The van der Waals surface area contributed by atoms with Gasteiger partial charge in [-0.05, 0) is 70.8 Å². The van der Waals surface area contributed by atoms with Gasteiger partial charge in [-0.1, -0.05) is 36.4 Å². The fourth-order valence-electron chi connectivity index (χ4n) is 3.54. The molecule has 114 valence electrons. The van der Waals surface area contributed by atoms with Crippen molar-refractivity contribution in [1.82, 2.24) is 0 Å². The first-order chi connectivity index (χ1) is 11.1. The van der Waals surface area contributed by atoms with E-state index in [1.165, 1.54) is 39.9 Å². The first-order valence-corrected chi connectivity index (χ1v) is 7.76. The maximum Gasteiger partial charge on any atom is 0.126 e. The average Bonchev–Trinajstić information content (AvgIpc) is 2.89. The number of fused-ring (bicyclic) bond motifs is 3. The Morgan fingerprint density at radius 2 is 1.61 bits per heavy atom. The number of hydrogen-bond donors (Lipinski definition) is 0. The minimum absolute atomic E-state index is 0.522. The van der Waals surface area contributed by atoms with Crippen molar-refractivity contribution in [3.63, 3.8) is 0 Å². The van der Waals surface area contributed by atoms with Crippen molar-refractivity contribution < 1.29 is 8.78 Å². The van der Waals surface area contributed by atoms with Crippen LogP contribution in [-0.4, -0.2) is 0 Å². The van der Waals surface area contributed by atoms with Gasteiger partial charge in [-0.3, -0.25) is 0 Å². The minimum atomic E-state index is -0.522. The lowest BCUT2D eigenvalue weighted by Crippen LogP contribution is -1.97. The van der Waals surface area contributed by atoms with Crippen LogP contribution in [0, 0.1) is 18.6 Å². The quantitative estimate of drug-likeness (QED) is 0.463. The largest absolute Gasteiger partial charge is 0.207 e. The van der Waals surface area contributed by atoms with Crippen molar-refractivity contribution in [3.8, 4) is 11.1 Å². The molecule has 0 spiro atoms. The van der Waals surface area contributed by atoms with Crippen LogP contribution in [0.3, 0.4) is 0 Å². The van der Waals surface area contributed by atoms with Gasteiger partial charge in [-0.25, -0.2) is 8.78 Å². The number of halogens is 2. The molecular weight excluding hydrogens is 290 g/mol. The second-order valence-electron chi connectivity index (χ2n) is 6.16. The van der Waals surface area contributed by atoms with Gasteiger partial charge in [-0.15, -0.1) is 0 Å². The summed E-state index contributed by atoms with van der Waals surface area (Å²) in [6.45, 7) is 2.11. The van der Waals surface area contributed by atoms with E-state index in [4.69, 9.17) is 0 Å². The normalized spacial score (nSPS) is 12.1. The van der Waals surface area contributed by atoms with E-state index in [-0.39, 0.29) is 0 Å². The van der Waals surface area contributed by atoms with Crippen LogP contribution < -0.4 is 0 Å². The van der Waals surface area contributed by atoms with Crippen molar-refractivity contribution in [3.05, 3.63) is 94.0 Å². The van der Waals surface area contributed by atoms with Gasteiger partial charge in [-0.2, -0.15) is 0 Å². The Balaban J connectivity index is 1.74. The van der Waals surface area contributed by atoms with E-state index < -0.39 is 11.6 Å². The maximum absolute atomic E-state index is 13.4. The summed E-state index contributed by atoms with van der Waals surface area (Å²) in [4.78, 5) is 0. The zero-order chi connectivity index (χ0) is 16.0. The molecule has 0 radical (unpaired) electrons. The molecule has 1 aliphatic carbocycles. The van der Waals surface area contributed by atoms with Gasteiger partial charge in [0.2, 0.25) is 0 Å². The van der Waals surface area contributed by atoms with Crippen LogP contribution in [0.25, 0.3) is 11.1 Å². The fraction of sp³-hybridized carbons (Fsp3) is 0.143. The molecule has 0 N–H and O–H groups in total. The molecule has 0 unspecified atom stereocenters. The second-order valence-corrected chi connectivity index (χ2v) is 6.16. The molecule has 3 aromatic rings. The van der Waals surface area contributed by atoms with E-state index in [1.807, 2.05) is 0 Å². The fourth-order valence-corrected chi connectivity index (χ4v) is 3.54. The Kier molecular flexibility index (Phi) is 3.26. The third-order valence-electron chi connectivity index (χ3n) is 4.70. The van der Waals surface area contributed by atoms with Gasteiger partial charge < -0.3 is 0 Å². The summed E-state index contributed by atoms with van der Waals surface area (Å²) in [5, 5.41) is 0. The van der Waals surface area contributed by atoms with Crippen LogP contribution >= 0.6 is 0 Å². The Bertz CT molecular complexity index is 889. The maximum atomic E-state index is 13.4. The molecule has 0 saturated carbocycles. The molecule has 0 aliphatic heterocycles. The lowest BCUT2D eigenvalue weighted by atomic mass is 9.93. The lowest BCUT2D eigenvalue weighted by molar-refractivity contribution is 0.580. The first kappa shape index (κ1) is 14.1. The predicted octanol–water partition coefficient (Wildman–Crippen LogP) is 5.44. The monoisotopic (exact) mass is 306 g/mol. The van der Waals surface area contributed by atoms with Crippen molar-refractivity contribution >= 4 is 0 Å². The van der Waals surface area contributed by atoms with Crippen LogP contribution in [0.15, 0.2) is 54.6 Å². The summed E-state index contributed by atoms with van der Waals surface area (Å²) in [5.74, 6) is -1.04. The molecule has 0 saturated heterocycles. The van der Waals surface area contributed by atoms with Gasteiger partial charge in [0.1, 0.15) is 11.6 Å². The Morgan fingerprint density at radius 1 is 0.870 bits per heavy atom. The van der Waals surface area contributed by atoms with Crippen molar-refractivity contribution in [2.24, 2.45) is 0 Å². The summed E-state index contributed by atoms with van der Waals surface area (Å²) in [6, 6.07) is 16.4. The van der Waals surface area contributed by atoms with Crippen molar-refractivity contribution in [2.45, 2.75) is 19.8 Å². The van der Waals surface area contributed by atoms with Crippen LogP contribution in [0.1, 0.15) is 27.8 Å². The van der Waals surface area contributed by atoms with Crippen molar-refractivity contribution in [1.29, 1.82) is 0 Å². The highest BCUT2D eigenvalue weighted by molar-refractivity contribution is 5.78. The van der Waals surface area contributed by atoms with Gasteiger partial charge in [0.15, 0.2) is 0 Å². The average molecular weight is 306 g/mol. The molecule has 0 bridgehead atoms. The lowest BCUT2D eigenvalue weighted by Gasteiger charge is -2.12. The summed E-state index contributed by atoms with van der Waals surface area (Å²) in [6.07, 6.45) is 1.48. The highest BCUT2D eigenvalue weighted by Gasteiger charge is 2.20. The van der Waals surface area contributed by atoms with Gasteiger partial charge >= 0.3 is 0 Å². The highest BCUT2D eigenvalue weighted by Crippen LogP contribution is 2.39. The first-order valence-electron chi connectivity index (χ1n) is 7.76. The van der Waals surface area contributed by atoms with E-state index in [0.717, 1.165) is 18.1 Å². The molecule has 0 aromatic heterocycles. The molecule has 0 fully saturated rings. The number of hydrogen-bond acceptors (Lipinski definition) is 0. The summed E-state index contributed by atoms with van der Waals surface area (Å²) >= 11 is 0. The molecule has 0 nitrogen and oxygen atoms in total. The number of rotatable bonds is 2. The van der Waals surface area contributed by atoms with E-state index in [9.17, 15) is 8.78 Å². The Labute approximate surface area is 134 Å². The van der Waals surface area contributed by atoms with Crippen LogP contribution in [0.2, 0.25) is 0 Å². The van der Waals surface area contributed by atoms with E-state index in [2.05, 4.69) is 43.3 Å². The molecule has 0 amide bonds.